The van der Waals surface area contributed by atoms with Gasteiger partial charge in [-0.1, -0.05) is 12.1 Å². The van der Waals surface area contributed by atoms with Gasteiger partial charge >= 0.3 is 6.03 Å². The lowest BCUT2D eigenvalue weighted by Gasteiger charge is -2.19. The minimum Gasteiger partial charge on any atom is -0.497 e. The number of benzene rings is 1. The van der Waals surface area contributed by atoms with E-state index in [1.165, 1.54) is 0 Å². The molecule has 0 atom stereocenters. The number of H-pyrrole nitrogens is 1. The highest BCUT2D eigenvalue weighted by Gasteiger charge is 2.31. The number of rotatable bonds is 6. The molecule has 1 aromatic carbocycles. The second kappa shape index (κ2) is 7.59. The van der Waals surface area contributed by atoms with Crippen molar-refractivity contribution in [2.24, 2.45) is 0 Å². The molecule has 28 heavy (non-hydrogen) atoms. The predicted molar refractivity (Wildman–Crippen MR) is 105 cm³/mol. The first-order valence-electron chi connectivity index (χ1n) is 8.93. The molecule has 1 fully saturated rings. The minimum atomic E-state index is -0.0755. The Bertz CT molecular complexity index is 974. The van der Waals surface area contributed by atoms with E-state index in [-0.39, 0.29) is 6.03 Å². The van der Waals surface area contributed by atoms with Gasteiger partial charge in [-0.25, -0.2) is 4.79 Å². The van der Waals surface area contributed by atoms with Gasteiger partial charge in [0.05, 0.1) is 20.4 Å². The van der Waals surface area contributed by atoms with E-state index >= 15 is 0 Å². The molecule has 0 aliphatic carbocycles. The number of nitrogens with zero attached hydrogens (tertiary/aromatic N) is 4. The van der Waals surface area contributed by atoms with Gasteiger partial charge in [-0.05, 0) is 29.8 Å². The zero-order valence-electron chi connectivity index (χ0n) is 15.8. The fourth-order valence-electron chi connectivity index (χ4n) is 3.29. The van der Waals surface area contributed by atoms with Crippen LogP contribution in [0.2, 0.25) is 0 Å². The number of carbonyl (C=O) groups excluding carboxylic acids is 1. The maximum absolute atomic E-state index is 12.9. The normalized spacial score (nSPS) is 13.9. The number of aromatic nitrogens is 3. The molecule has 1 aliphatic rings. The predicted octanol–water partition coefficient (Wildman–Crippen LogP) is 2.93. The topological polar surface area (TPSA) is 83.6 Å². The molecular formula is C20H21N5O3. The molecule has 0 bridgehead atoms. The molecule has 0 unspecified atom stereocenters. The first kappa shape index (κ1) is 17.8. The van der Waals surface area contributed by atoms with E-state index in [1.807, 2.05) is 36.4 Å². The van der Waals surface area contributed by atoms with Crippen LogP contribution in [0.4, 0.5) is 10.6 Å². The van der Waals surface area contributed by atoms with Crippen LogP contribution in [-0.4, -0.2) is 53.4 Å². The van der Waals surface area contributed by atoms with E-state index in [9.17, 15) is 4.79 Å². The van der Waals surface area contributed by atoms with Crippen LogP contribution in [0.5, 0.6) is 11.6 Å². The smallest absolute Gasteiger partial charge is 0.326 e. The quantitative estimate of drug-likeness (QED) is 0.712. The van der Waals surface area contributed by atoms with Gasteiger partial charge < -0.3 is 14.4 Å². The summed E-state index contributed by atoms with van der Waals surface area (Å²) in [6.45, 7) is 1.73. The van der Waals surface area contributed by atoms with E-state index < -0.39 is 0 Å². The lowest BCUT2D eigenvalue weighted by Crippen LogP contribution is -2.32. The van der Waals surface area contributed by atoms with Gasteiger partial charge in [0.2, 0.25) is 5.88 Å². The van der Waals surface area contributed by atoms with Crippen LogP contribution in [0.15, 0.2) is 48.8 Å². The van der Waals surface area contributed by atoms with E-state index in [0.717, 1.165) is 22.4 Å². The third-order valence-electron chi connectivity index (χ3n) is 4.73. The number of pyridine rings is 1. The van der Waals surface area contributed by atoms with Crippen molar-refractivity contribution in [1.29, 1.82) is 0 Å². The van der Waals surface area contributed by atoms with Gasteiger partial charge in [-0.15, -0.1) is 0 Å². The highest BCUT2D eigenvalue weighted by molar-refractivity contribution is 5.93. The largest absolute Gasteiger partial charge is 0.497 e. The van der Waals surface area contributed by atoms with Crippen molar-refractivity contribution in [3.8, 4) is 22.8 Å². The number of urea groups is 1. The third kappa shape index (κ3) is 3.36. The Morgan fingerprint density at radius 2 is 2.04 bits per heavy atom. The number of hydrogen-bond donors (Lipinski definition) is 1. The van der Waals surface area contributed by atoms with Crippen molar-refractivity contribution in [3.63, 3.8) is 0 Å². The van der Waals surface area contributed by atoms with Gasteiger partial charge in [0.1, 0.15) is 11.6 Å². The molecule has 144 valence electrons. The summed E-state index contributed by atoms with van der Waals surface area (Å²) in [4.78, 5) is 20.9. The summed E-state index contributed by atoms with van der Waals surface area (Å²) >= 11 is 0. The molecule has 4 rings (SSSR count). The van der Waals surface area contributed by atoms with E-state index in [0.29, 0.717) is 31.3 Å². The first-order chi connectivity index (χ1) is 13.7. The highest BCUT2D eigenvalue weighted by atomic mass is 16.5. The van der Waals surface area contributed by atoms with E-state index in [4.69, 9.17) is 9.47 Å². The average molecular weight is 379 g/mol. The Kier molecular flexibility index (Phi) is 4.84. The maximum atomic E-state index is 12.9. The standard InChI is InChI=1S/C20H21N5O3/c1-27-16-5-3-4-14(10-16)13-24-8-9-25(20(24)26)18-7-6-17(19(23-18)28-2)15-11-21-22-12-15/h3-7,10-12H,8-9,13H2,1-2H3,(H,21,22). The molecule has 0 spiro atoms. The number of ether oxygens (including phenoxy) is 2. The number of carbonyl (C=O) groups is 1. The van der Waals surface area contributed by atoms with Gasteiger partial charge in [-0.3, -0.25) is 10.00 Å². The van der Waals surface area contributed by atoms with Crippen LogP contribution < -0.4 is 14.4 Å². The summed E-state index contributed by atoms with van der Waals surface area (Å²) in [6, 6.07) is 11.4. The Labute approximate surface area is 162 Å². The third-order valence-corrected chi connectivity index (χ3v) is 4.73. The molecule has 1 aliphatic heterocycles. The molecule has 0 saturated carbocycles. The van der Waals surface area contributed by atoms with Gasteiger partial charge in [0.15, 0.2) is 0 Å². The molecule has 1 N–H and O–H groups in total. The zero-order chi connectivity index (χ0) is 19.5. The van der Waals surface area contributed by atoms with Crippen molar-refractivity contribution >= 4 is 11.8 Å². The second-order valence-electron chi connectivity index (χ2n) is 6.42. The van der Waals surface area contributed by atoms with Gasteiger partial charge in [0, 0.05) is 37.0 Å². The van der Waals surface area contributed by atoms with Crippen molar-refractivity contribution in [1.82, 2.24) is 20.1 Å². The molecular weight excluding hydrogens is 358 g/mol. The highest BCUT2D eigenvalue weighted by Crippen LogP contribution is 2.31. The van der Waals surface area contributed by atoms with Crippen LogP contribution in [0, 0.1) is 0 Å². The van der Waals surface area contributed by atoms with Crippen LogP contribution in [0.25, 0.3) is 11.1 Å². The van der Waals surface area contributed by atoms with Crippen LogP contribution in [-0.2, 0) is 6.54 Å². The van der Waals surface area contributed by atoms with Crippen molar-refractivity contribution in [3.05, 3.63) is 54.4 Å². The molecule has 0 radical (unpaired) electrons. The molecule has 8 heteroatoms. The minimum absolute atomic E-state index is 0.0755. The van der Waals surface area contributed by atoms with Crippen molar-refractivity contribution in [2.45, 2.75) is 6.54 Å². The van der Waals surface area contributed by atoms with E-state index in [2.05, 4.69) is 15.2 Å². The number of anilines is 1. The summed E-state index contributed by atoms with van der Waals surface area (Å²) in [6.07, 6.45) is 3.48. The SMILES string of the molecule is COc1cccc(CN2CCN(c3ccc(-c4cn[nH]c4)c(OC)n3)C2=O)c1. The van der Waals surface area contributed by atoms with E-state index in [1.54, 1.807) is 36.4 Å². The number of nitrogens with one attached hydrogen (secondary N) is 1. The number of hydrogen-bond acceptors (Lipinski definition) is 5. The lowest BCUT2D eigenvalue weighted by atomic mass is 10.1. The van der Waals surface area contributed by atoms with Crippen LogP contribution in [0.3, 0.4) is 0 Å². The monoisotopic (exact) mass is 379 g/mol. The lowest BCUT2D eigenvalue weighted by molar-refractivity contribution is 0.218. The summed E-state index contributed by atoms with van der Waals surface area (Å²) in [7, 11) is 3.20. The Morgan fingerprint density at radius 1 is 1.14 bits per heavy atom. The fourth-order valence-corrected chi connectivity index (χ4v) is 3.29. The first-order valence-corrected chi connectivity index (χ1v) is 8.93. The maximum Gasteiger partial charge on any atom is 0.326 e. The Hall–Kier alpha value is -3.55. The average Bonchev–Trinajstić information content (AvgIpc) is 3.38. The van der Waals surface area contributed by atoms with Gasteiger partial charge in [-0.2, -0.15) is 10.1 Å². The molecule has 3 heterocycles. The fraction of sp³-hybridized carbons (Fsp3) is 0.250. The zero-order valence-corrected chi connectivity index (χ0v) is 15.8. The van der Waals surface area contributed by atoms with Crippen molar-refractivity contribution < 1.29 is 14.3 Å². The van der Waals surface area contributed by atoms with Crippen LogP contribution in [0.1, 0.15) is 5.56 Å². The molecule has 2 amide bonds. The Morgan fingerprint density at radius 3 is 2.79 bits per heavy atom. The summed E-state index contributed by atoms with van der Waals surface area (Å²) in [5.41, 5.74) is 2.72. The molecule has 8 nitrogen and oxygen atoms in total. The summed E-state index contributed by atoms with van der Waals surface area (Å²) < 4.78 is 10.7. The molecule has 3 aromatic rings. The van der Waals surface area contributed by atoms with Crippen LogP contribution >= 0.6 is 0 Å². The summed E-state index contributed by atoms with van der Waals surface area (Å²) in [5, 5.41) is 6.74. The van der Waals surface area contributed by atoms with Gasteiger partial charge in [0.25, 0.3) is 0 Å². The Balaban J connectivity index is 1.53. The summed E-state index contributed by atoms with van der Waals surface area (Å²) in [5.74, 6) is 1.81. The molecule has 2 aromatic heterocycles. The molecule has 1 saturated heterocycles. The van der Waals surface area contributed by atoms with Crippen molar-refractivity contribution in [2.75, 3.05) is 32.2 Å². The number of aromatic amines is 1. The second-order valence-corrected chi connectivity index (χ2v) is 6.42. The number of methoxy groups -OCH3 is 2. The number of amides is 2.